The number of rotatable bonds is 2. The summed E-state index contributed by atoms with van der Waals surface area (Å²) in [6.07, 6.45) is 0. The number of nitrogens with two attached hydrogens (primary N) is 1. The van der Waals surface area contributed by atoms with Gasteiger partial charge in [0.15, 0.2) is 0 Å². The van der Waals surface area contributed by atoms with Crippen LogP contribution in [0.15, 0.2) is 45.3 Å². The van der Waals surface area contributed by atoms with E-state index in [4.69, 9.17) is 5.73 Å². The highest BCUT2D eigenvalue weighted by Crippen LogP contribution is 2.31. The second-order valence-corrected chi connectivity index (χ2v) is 5.56. The van der Waals surface area contributed by atoms with E-state index in [0.29, 0.717) is 0 Å². The maximum absolute atomic E-state index is 6.02. The van der Waals surface area contributed by atoms with Crippen LogP contribution in [0, 0.1) is 6.92 Å². The molecular weight excluding hydrogens is 344 g/mol. The topological polar surface area (TPSA) is 38.0 Å². The van der Waals surface area contributed by atoms with Crippen molar-refractivity contribution < 1.29 is 0 Å². The van der Waals surface area contributed by atoms with Crippen molar-refractivity contribution in [3.8, 4) is 0 Å². The van der Waals surface area contributed by atoms with Gasteiger partial charge in [-0.15, -0.1) is 0 Å². The molecule has 2 nitrogen and oxygen atoms in total. The number of hydrogen-bond acceptors (Lipinski definition) is 2. The Balaban J connectivity index is 2.35. The lowest BCUT2D eigenvalue weighted by Crippen LogP contribution is -1.98. The van der Waals surface area contributed by atoms with Crippen molar-refractivity contribution in [1.82, 2.24) is 0 Å². The first kappa shape index (κ1) is 12.5. The second kappa shape index (κ2) is 5.10. The Morgan fingerprint density at radius 1 is 1.06 bits per heavy atom. The van der Waals surface area contributed by atoms with Gasteiger partial charge in [-0.25, -0.2) is 0 Å². The average molecular weight is 356 g/mol. The van der Waals surface area contributed by atoms with Crippen LogP contribution in [0.25, 0.3) is 0 Å². The van der Waals surface area contributed by atoms with Crippen molar-refractivity contribution in [1.29, 1.82) is 0 Å². The molecule has 0 bridgehead atoms. The predicted octanol–water partition coefficient (Wildman–Crippen LogP) is 4.85. The van der Waals surface area contributed by atoms with Gasteiger partial charge in [0.2, 0.25) is 0 Å². The Hall–Kier alpha value is -1.00. The van der Waals surface area contributed by atoms with Gasteiger partial charge in [0, 0.05) is 8.95 Å². The summed E-state index contributed by atoms with van der Waals surface area (Å²) in [5.41, 5.74) is 9.79. The minimum Gasteiger partial charge on any atom is -0.397 e. The smallest absolute Gasteiger partial charge is 0.0620 e. The van der Waals surface area contributed by atoms with E-state index in [9.17, 15) is 0 Å². The molecule has 2 aromatic carbocycles. The van der Waals surface area contributed by atoms with E-state index in [1.165, 1.54) is 0 Å². The summed E-state index contributed by atoms with van der Waals surface area (Å²) in [4.78, 5) is 0. The second-order valence-electron chi connectivity index (χ2n) is 3.79. The normalized spacial score (nSPS) is 10.3. The molecule has 0 aliphatic rings. The van der Waals surface area contributed by atoms with Crippen LogP contribution in [0.2, 0.25) is 0 Å². The van der Waals surface area contributed by atoms with Crippen LogP contribution in [0.3, 0.4) is 0 Å². The lowest BCUT2D eigenvalue weighted by Gasteiger charge is -2.12. The zero-order chi connectivity index (χ0) is 12.4. The van der Waals surface area contributed by atoms with Gasteiger partial charge in [0.25, 0.3) is 0 Å². The molecule has 0 atom stereocenters. The Labute approximate surface area is 117 Å². The maximum Gasteiger partial charge on any atom is 0.0620 e. The highest BCUT2D eigenvalue weighted by Gasteiger charge is 2.04. The van der Waals surface area contributed by atoms with Crippen LogP contribution in [0.5, 0.6) is 0 Å². The van der Waals surface area contributed by atoms with Crippen LogP contribution >= 0.6 is 31.9 Å². The molecule has 0 fully saturated rings. The number of nitrogen functional groups attached to an aromatic ring is 1. The van der Waals surface area contributed by atoms with E-state index in [1.54, 1.807) is 0 Å². The molecule has 2 aromatic rings. The highest BCUT2D eigenvalue weighted by atomic mass is 79.9. The molecule has 0 unspecified atom stereocenters. The number of benzene rings is 2. The third-order valence-electron chi connectivity index (χ3n) is 2.52. The number of anilines is 3. The van der Waals surface area contributed by atoms with E-state index >= 15 is 0 Å². The van der Waals surface area contributed by atoms with Crippen molar-refractivity contribution in [3.05, 3.63) is 50.9 Å². The summed E-state index contributed by atoms with van der Waals surface area (Å²) in [5.74, 6) is 0. The molecule has 0 amide bonds. The van der Waals surface area contributed by atoms with E-state index in [0.717, 1.165) is 31.6 Å². The van der Waals surface area contributed by atoms with Gasteiger partial charge in [0.05, 0.1) is 17.1 Å². The summed E-state index contributed by atoms with van der Waals surface area (Å²) in [6.45, 7) is 2.00. The van der Waals surface area contributed by atoms with Crippen LogP contribution in [-0.4, -0.2) is 0 Å². The first-order valence-corrected chi connectivity index (χ1v) is 6.73. The third-order valence-corrected chi connectivity index (χ3v) is 3.67. The van der Waals surface area contributed by atoms with Crippen LogP contribution < -0.4 is 11.1 Å². The molecular formula is C13H12Br2N2. The van der Waals surface area contributed by atoms with E-state index in [1.807, 2.05) is 43.3 Å². The van der Waals surface area contributed by atoms with Crippen molar-refractivity contribution in [2.24, 2.45) is 0 Å². The molecule has 3 N–H and O–H groups in total. The number of hydrogen-bond donors (Lipinski definition) is 2. The lowest BCUT2D eigenvalue weighted by atomic mass is 10.1. The van der Waals surface area contributed by atoms with Crippen molar-refractivity contribution in [3.63, 3.8) is 0 Å². The lowest BCUT2D eigenvalue weighted by molar-refractivity contribution is 1.44. The molecule has 0 heterocycles. The molecule has 0 spiro atoms. The Bertz CT molecular complexity index is 553. The first-order valence-electron chi connectivity index (χ1n) is 5.15. The van der Waals surface area contributed by atoms with Gasteiger partial charge in [0.1, 0.15) is 0 Å². The maximum atomic E-state index is 6.02. The summed E-state index contributed by atoms with van der Waals surface area (Å²) < 4.78 is 2.03. The quantitative estimate of drug-likeness (QED) is 0.756. The molecule has 2 rings (SSSR count). The standard InChI is InChI=1S/C13H12Br2N2/c1-8-3-2-4-12(13(8)16)17-11-6-5-9(14)7-10(11)15/h2-7,17H,16H2,1H3. The van der Waals surface area contributed by atoms with E-state index in [-0.39, 0.29) is 0 Å². The largest absolute Gasteiger partial charge is 0.397 e. The van der Waals surface area contributed by atoms with E-state index < -0.39 is 0 Å². The van der Waals surface area contributed by atoms with Crippen LogP contribution in [0.4, 0.5) is 17.1 Å². The summed E-state index contributed by atoms with van der Waals surface area (Å²) in [5, 5.41) is 3.32. The van der Waals surface area contributed by atoms with Crippen molar-refractivity contribution in [2.75, 3.05) is 11.1 Å². The highest BCUT2D eigenvalue weighted by molar-refractivity contribution is 9.11. The number of para-hydroxylation sites is 1. The summed E-state index contributed by atoms with van der Waals surface area (Å²) >= 11 is 6.94. The fourth-order valence-electron chi connectivity index (χ4n) is 1.53. The molecule has 17 heavy (non-hydrogen) atoms. The van der Waals surface area contributed by atoms with Crippen molar-refractivity contribution in [2.45, 2.75) is 6.92 Å². The third kappa shape index (κ3) is 2.82. The fraction of sp³-hybridized carbons (Fsp3) is 0.0769. The summed E-state index contributed by atoms with van der Waals surface area (Å²) in [6, 6.07) is 11.9. The molecule has 0 radical (unpaired) electrons. The zero-order valence-electron chi connectivity index (χ0n) is 9.30. The average Bonchev–Trinajstić information content (AvgIpc) is 2.28. The van der Waals surface area contributed by atoms with Gasteiger partial charge in [-0.3, -0.25) is 0 Å². The Morgan fingerprint density at radius 2 is 1.82 bits per heavy atom. The summed E-state index contributed by atoms with van der Waals surface area (Å²) in [7, 11) is 0. The van der Waals surface area contributed by atoms with Crippen molar-refractivity contribution >= 4 is 48.9 Å². The fourth-order valence-corrected chi connectivity index (χ4v) is 2.67. The predicted molar refractivity (Wildman–Crippen MR) is 80.7 cm³/mol. The van der Waals surface area contributed by atoms with Gasteiger partial charge < -0.3 is 11.1 Å². The first-order chi connectivity index (χ1) is 8.08. The number of nitrogens with one attached hydrogen (secondary N) is 1. The minimum absolute atomic E-state index is 0.780. The number of halogens is 2. The van der Waals surface area contributed by atoms with Crippen LogP contribution in [0.1, 0.15) is 5.56 Å². The molecule has 0 aliphatic heterocycles. The van der Waals surface area contributed by atoms with Gasteiger partial charge >= 0.3 is 0 Å². The molecule has 0 aliphatic carbocycles. The van der Waals surface area contributed by atoms with Gasteiger partial charge in [-0.2, -0.15) is 0 Å². The Kier molecular flexibility index (Phi) is 3.74. The van der Waals surface area contributed by atoms with Gasteiger partial charge in [-0.05, 0) is 52.7 Å². The SMILES string of the molecule is Cc1cccc(Nc2ccc(Br)cc2Br)c1N. The van der Waals surface area contributed by atoms with E-state index in [2.05, 4.69) is 37.2 Å². The molecule has 88 valence electrons. The van der Waals surface area contributed by atoms with Gasteiger partial charge in [-0.1, -0.05) is 28.1 Å². The molecule has 0 saturated heterocycles. The molecule has 0 aromatic heterocycles. The monoisotopic (exact) mass is 354 g/mol. The van der Waals surface area contributed by atoms with Crippen LogP contribution in [-0.2, 0) is 0 Å². The number of aryl methyl sites for hydroxylation is 1. The zero-order valence-corrected chi connectivity index (χ0v) is 12.5. The molecule has 4 heteroatoms. The minimum atomic E-state index is 0.780. The molecule has 0 saturated carbocycles. The Morgan fingerprint density at radius 3 is 2.53 bits per heavy atom.